The third-order valence-electron chi connectivity index (χ3n) is 6.16. The van der Waals surface area contributed by atoms with E-state index in [0.717, 1.165) is 42.6 Å². The Labute approximate surface area is 181 Å². The molecule has 31 heavy (non-hydrogen) atoms. The lowest BCUT2D eigenvalue weighted by atomic mass is 9.85. The fourth-order valence-corrected chi connectivity index (χ4v) is 5.28. The summed E-state index contributed by atoms with van der Waals surface area (Å²) in [6, 6.07) is 14.0. The van der Waals surface area contributed by atoms with Crippen molar-refractivity contribution in [3.63, 3.8) is 0 Å². The Morgan fingerprint density at radius 3 is 2.48 bits per heavy atom. The van der Waals surface area contributed by atoms with E-state index in [-0.39, 0.29) is 23.3 Å². The van der Waals surface area contributed by atoms with Crippen LogP contribution in [-0.2, 0) is 21.2 Å². The highest BCUT2D eigenvalue weighted by atomic mass is 32.2. The van der Waals surface area contributed by atoms with Gasteiger partial charge in [-0.25, -0.2) is 12.9 Å². The number of hydrogen-bond acceptors (Lipinski definition) is 6. The number of anilines is 1. The normalized spacial score (nSPS) is 19.2. The molecule has 1 saturated carbocycles. The molecule has 0 radical (unpaired) electrons. The van der Waals surface area contributed by atoms with Gasteiger partial charge in [-0.1, -0.05) is 36.8 Å². The third-order valence-corrected chi connectivity index (χ3v) is 7.77. The molecule has 1 N–H and O–H groups in total. The smallest absolute Gasteiger partial charge is 0.249 e. The van der Waals surface area contributed by atoms with Crippen molar-refractivity contribution in [2.75, 3.05) is 29.9 Å². The van der Waals surface area contributed by atoms with Crippen LogP contribution >= 0.6 is 0 Å². The molecule has 2 aliphatic rings. The molecule has 8 nitrogen and oxygen atoms in total. The first kappa shape index (κ1) is 20.1. The van der Waals surface area contributed by atoms with Gasteiger partial charge in [0.2, 0.25) is 11.9 Å². The molecule has 3 aromatic rings. The van der Waals surface area contributed by atoms with Crippen LogP contribution in [0.1, 0.15) is 24.8 Å². The number of hydrogen-bond donors (Lipinski definition) is 1. The Hall–Kier alpha value is -2.78. The Morgan fingerprint density at radius 1 is 1.06 bits per heavy atom. The van der Waals surface area contributed by atoms with E-state index in [9.17, 15) is 13.2 Å². The van der Waals surface area contributed by atoms with Gasteiger partial charge in [-0.05, 0) is 30.5 Å². The largest absolute Gasteiger partial charge is 0.297 e. The molecular formula is C22H25N5O3S. The van der Waals surface area contributed by atoms with Crippen molar-refractivity contribution in [2.24, 2.45) is 5.92 Å². The van der Waals surface area contributed by atoms with Crippen LogP contribution in [-0.4, -0.2) is 58.4 Å². The molecule has 162 valence electrons. The maximum Gasteiger partial charge on any atom is 0.249 e. The third kappa shape index (κ3) is 4.33. The van der Waals surface area contributed by atoms with Gasteiger partial charge in [0.05, 0.1) is 17.2 Å². The Morgan fingerprint density at radius 2 is 1.81 bits per heavy atom. The van der Waals surface area contributed by atoms with Gasteiger partial charge >= 0.3 is 0 Å². The number of benzene rings is 1. The molecule has 1 saturated heterocycles. The standard InChI is InChI=1S/C22H25N5O3S/c28-21(18-3-1-4-18)24-22-23-20-6-2-5-19(27(20)25-22)17-9-7-16(8-10-17)15-26-11-13-31(29,30)14-12-26/h2,5-10,18H,1,3-4,11-15H2,(H,24,25,28). The summed E-state index contributed by atoms with van der Waals surface area (Å²) >= 11 is 0. The fraction of sp³-hybridized carbons (Fsp3) is 0.409. The molecule has 1 aliphatic heterocycles. The van der Waals surface area contributed by atoms with Crippen molar-refractivity contribution < 1.29 is 13.2 Å². The quantitative estimate of drug-likeness (QED) is 0.656. The van der Waals surface area contributed by atoms with Crippen LogP contribution < -0.4 is 5.32 Å². The highest BCUT2D eigenvalue weighted by Gasteiger charge is 2.26. The van der Waals surface area contributed by atoms with Gasteiger partial charge in [-0.2, -0.15) is 4.98 Å². The summed E-state index contributed by atoms with van der Waals surface area (Å²) in [5.41, 5.74) is 3.71. The van der Waals surface area contributed by atoms with Crippen molar-refractivity contribution in [1.82, 2.24) is 19.5 Å². The number of fused-ring (bicyclic) bond motifs is 1. The molecule has 1 amide bonds. The summed E-state index contributed by atoms with van der Waals surface area (Å²) in [4.78, 5) is 18.8. The van der Waals surface area contributed by atoms with E-state index in [4.69, 9.17) is 0 Å². The number of nitrogens with one attached hydrogen (secondary N) is 1. The first-order valence-electron chi connectivity index (χ1n) is 10.7. The summed E-state index contributed by atoms with van der Waals surface area (Å²) in [7, 11) is -2.86. The molecular weight excluding hydrogens is 414 g/mol. The number of sulfone groups is 1. The van der Waals surface area contributed by atoms with Crippen LogP contribution in [0.15, 0.2) is 42.5 Å². The second-order valence-electron chi connectivity index (χ2n) is 8.36. The monoisotopic (exact) mass is 439 g/mol. The first-order chi connectivity index (χ1) is 15.0. The van der Waals surface area contributed by atoms with Crippen LogP contribution in [0.4, 0.5) is 5.95 Å². The van der Waals surface area contributed by atoms with E-state index in [1.54, 1.807) is 4.52 Å². The van der Waals surface area contributed by atoms with Gasteiger partial charge in [0.25, 0.3) is 0 Å². The van der Waals surface area contributed by atoms with E-state index in [0.29, 0.717) is 24.7 Å². The van der Waals surface area contributed by atoms with Crippen molar-refractivity contribution >= 4 is 27.3 Å². The molecule has 2 aromatic heterocycles. The van der Waals surface area contributed by atoms with Gasteiger partial charge in [0.1, 0.15) is 0 Å². The second kappa shape index (κ2) is 8.05. The lowest BCUT2D eigenvalue weighted by Crippen LogP contribution is -2.39. The van der Waals surface area contributed by atoms with Crippen LogP contribution in [0.5, 0.6) is 0 Å². The van der Waals surface area contributed by atoms with Crippen LogP contribution in [0.25, 0.3) is 16.9 Å². The zero-order valence-electron chi connectivity index (χ0n) is 17.2. The van der Waals surface area contributed by atoms with Gasteiger partial charge < -0.3 is 0 Å². The summed E-state index contributed by atoms with van der Waals surface area (Å²) < 4.78 is 25.0. The number of nitrogens with zero attached hydrogens (tertiary/aromatic N) is 4. The molecule has 0 spiro atoms. The summed E-state index contributed by atoms with van der Waals surface area (Å²) in [6.45, 7) is 1.90. The SMILES string of the molecule is O=C(Nc1nc2cccc(-c3ccc(CN4CCS(=O)(=O)CC4)cc3)n2n1)C1CCC1. The number of pyridine rings is 1. The Balaban J connectivity index is 1.32. The minimum atomic E-state index is -2.86. The average Bonchev–Trinajstić information content (AvgIpc) is 3.11. The molecule has 1 aromatic carbocycles. The minimum Gasteiger partial charge on any atom is -0.297 e. The highest BCUT2D eigenvalue weighted by molar-refractivity contribution is 7.91. The summed E-state index contributed by atoms with van der Waals surface area (Å²) in [5.74, 6) is 0.885. The minimum absolute atomic E-state index is 0.00132. The van der Waals surface area contributed by atoms with Crippen LogP contribution in [0.2, 0.25) is 0 Å². The van der Waals surface area contributed by atoms with E-state index < -0.39 is 9.84 Å². The van der Waals surface area contributed by atoms with Gasteiger partial charge in [0.15, 0.2) is 15.5 Å². The molecule has 3 heterocycles. The van der Waals surface area contributed by atoms with Crippen molar-refractivity contribution in [3.8, 4) is 11.3 Å². The van der Waals surface area contributed by atoms with Crippen molar-refractivity contribution in [1.29, 1.82) is 0 Å². The predicted octanol–water partition coefficient (Wildman–Crippen LogP) is 2.37. The average molecular weight is 440 g/mol. The number of carbonyl (C=O) groups excluding carboxylic acids is 1. The van der Waals surface area contributed by atoms with Crippen LogP contribution in [0, 0.1) is 5.92 Å². The molecule has 0 atom stereocenters. The molecule has 5 rings (SSSR count). The zero-order valence-corrected chi connectivity index (χ0v) is 18.0. The molecule has 9 heteroatoms. The number of amides is 1. The highest BCUT2D eigenvalue weighted by Crippen LogP contribution is 2.27. The lowest BCUT2D eigenvalue weighted by Gasteiger charge is -2.26. The molecule has 0 bridgehead atoms. The molecule has 1 aliphatic carbocycles. The van der Waals surface area contributed by atoms with E-state index in [2.05, 4.69) is 32.4 Å². The fourth-order valence-electron chi connectivity index (χ4n) is 4.01. The maximum absolute atomic E-state index is 12.2. The topological polar surface area (TPSA) is 96.7 Å². The molecule has 0 unspecified atom stereocenters. The van der Waals surface area contributed by atoms with Gasteiger partial charge in [-0.3, -0.25) is 15.0 Å². The Kier molecular flexibility index (Phi) is 5.23. The number of rotatable bonds is 5. The summed E-state index contributed by atoms with van der Waals surface area (Å²) in [6.07, 6.45) is 2.97. The Bertz CT molecular complexity index is 1200. The maximum atomic E-state index is 12.2. The van der Waals surface area contributed by atoms with Crippen LogP contribution in [0.3, 0.4) is 0 Å². The predicted molar refractivity (Wildman–Crippen MR) is 118 cm³/mol. The van der Waals surface area contributed by atoms with E-state index >= 15 is 0 Å². The second-order valence-corrected chi connectivity index (χ2v) is 10.7. The van der Waals surface area contributed by atoms with Gasteiger partial charge in [-0.15, -0.1) is 5.10 Å². The van der Waals surface area contributed by atoms with Crippen molar-refractivity contribution in [2.45, 2.75) is 25.8 Å². The number of aromatic nitrogens is 3. The number of carbonyl (C=O) groups is 1. The van der Waals surface area contributed by atoms with Gasteiger partial charge in [0, 0.05) is 31.1 Å². The zero-order chi connectivity index (χ0) is 21.4. The van der Waals surface area contributed by atoms with E-state index in [1.165, 1.54) is 0 Å². The van der Waals surface area contributed by atoms with Crippen molar-refractivity contribution in [3.05, 3.63) is 48.0 Å². The first-order valence-corrected chi connectivity index (χ1v) is 12.5. The van der Waals surface area contributed by atoms with E-state index in [1.807, 2.05) is 30.3 Å². The lowest BCUT2D eigenvalue weighted by molar-refractivity contribution is -0.122. The molecule has 2 fully saturated rings. The summed E-state index contributed by atoms with van der Waals surface area (Å²) in [5, 5.41) is 7.35.